The number of halogens is 1. The van der Waals surface area contributed by atoms with Crippen LogP contribution in [0.5, 0.6) is 0 Å². The highest BCUT2D eigenvalue weighted by Crippen LogP contribution is 2.24. The fraction of sp³-hybridized carbons (Fsp3) is 0.625. The van der Waals surface area contributed by atoms with E-state index < -0.39 is 6.17 Å². The highest BCUT2D eigenvalue weighted by molar-refractivity contribution is 5.59. The third-order valence-corrected chi connectivity index (χ3v) is 2.34. The largest absolute Gasteiger partial charge is 0.371 e. The highest BCUT2D eigenvalue weighted by Gasteiger charge is 2.30. The molecule has 0 spiro atoms. The molecule has 0 fully saturated rings. The van der Waals surface area contributed by atoms with E-state index in [1.54, 1.807) is 6.34 Å². The Morgan fingerprint density at radius 3 is 3.36 bits per heavy atom. The molecule has 0 aromatic carbocycles. The van der Waals surface area contributed by atoms with Gasteiger partial charge in [-0.15, -0.1) is 0 Å². The van der Waals surface area contributed by atoms with Gasteiger partial charge < -0.3 is 5.32 Å². The first-order chi connectivity index (χ1) is 5.27. The number of fused-ring (bicyclic) bond motifs is 1. The zero-order valence-corrected chi connectivity index (χ0v) is 6.42. The van der Waals surface area contributed by atoms with E-state index >= 15 is 0 Å². The Morgan fingerprint density at radius 1 is 1.73 bits per heavy atom. The van der Waals surface area contributed by atoms with Crippen LogP contribution >= 0.6 is 0 Å². The fourth-order valence-corrected chi connectivity index (χ4v) is 1.58. The maximum Gasteiger partial charge on any atom is 0.123 e. The number of alkyl halides is 1. The van der Waals surface area contributed by atoms with Gasteiger partial charge in [0.25, 0.3) is 0 Å². The van der Waals surface area contributed by atoms with Crippen LogP contribution < -0.4 is 5.32 Å². The van der Waals surface area contributed by atoms with Crippen molar-refractivity contribution in [2.24, 2.45) is 4.99 Å². The molecule has 2 rings (SSSR count). The van der Waals surface area contributed by atoms with E-state index in [0.717, 1.165) is 5.57 Å². The minimum absolute atomic E-state index is 0.182. The maximum absolute atomic E-state index is 13.1. The van der Waals surface area contributed by atoms with Gasteiger partial charge in [0, 0.05) is 6.42 Å². The predicted molar refractivity (Wildman–Crippen MR) is 42.5 cm³/mol. The van der Waals surface area contributed by atoms with Crippen molar-refractivity contribution in [1.29, 1.82) is 0 Å². The van der Waals surface area contributed by atoms with Crippen molar-refractivity contribution in [3.8, 4) is 0 Å². The number of allylic oxidation sites excluding steroid dienone is 1. The number of aliphatic imine (C=N–C) groups is 1. The van der Waals surface area contributed by atoms with Crippen LogP contribution in [0.2, 0.25) is 0 Å². The Kier molecular flexibility index (Phi) is 1.44. The molecule has 0 amide bonds. The number of nitrogens with zero attached hydrogens (tertiary/aromatic N) is 1. The van der Waals surface area contributed by atoms with Crippen molar-refractivity contribution >= 4 is 6.34 Å². The van der Waals surface area contributed by atoms with Crippen molar-refractivity contribution in [3.05, 3.63) is 11.6 Å². The van der Waals surface area contributed by atoms with Gasteiger partial charge in [0.05, 0.1) is 18.4 Å². The van der Waals surface area contributed by atoms with Gasteiger partial charge in [-0.05, 0) is 12.5 Å². The summed E-state index contributed by atoms with van der Waals surface area (Å²) < 4.78 is 13.1. The molecule has 3 heteroatoms. The smallest absolute Gasteiger partial charge is 0.123 e. The van der Waals surface area contributed by atoms with Gasteiger partial charge in [-0.25, -0.2) is 4.39 Å². The molecule has 1 heterocycles. The summed E-state index contributed by atoms with van der Waals surface area (Å²) in [5, 5.41) is 3.03. The van der Waals surface area contributed by atoms with Crippen molar-refractivity contribution in [3.63, 3.8) is 0 Å². The second kappa shape index (κ2) is 2.32. The SMILES string of the molecule is CC1=CC2N=CNC2CC1F. The average molecular weight is 154 g/mol. The second-order valence-corrected chi connectivity index (χ2v) is 3.16. The van der Waals surface area contributed by atoms with E-state index in [0.29, 0.717) is 6.42 Å². The molecular formula is C8H11FN2. The van der Waals surface area contributed by atoms with E-state index in [4.69, 9.17) is 0 Å². The van der Waals surface area contributed by atoms with Crippen LogP contribution in [-0.2, 0) is 0 Å². The van der Waals surface area contributed by atoms with Gasteiger partial charge >= 0.3 is 0 Å². The zero-order chi connectivity index (χ0) is 7.84. The van der Waals surface area contributed by atoms with Crippen LogP contribution in [0.1, 0.15) is 13.3 Å². The molecule has 1 aliphatic carbocycles. The molecule has 60 valence electrons. The lowest BCUT2D eigenvalue weighted by Gasteiger charge is -2.24. The summed E-state index contributed by atoms with van der Waals surface area (Å²) >= 11 is 0. The summed E-state index contributed by atoms with van der Waals surface area (Å²) in [7, 11) is 0. The normalized spacial score (nSPS) is 41.3. The first kappa shape index (κ1) is 6.83. The maximum atomic E-state index is 13.1. The van der Waals surface area contributed by atoms with E-state index in [1.807, 2.05) is 13.0 Å². The van der Waals surface area contributed by atoms with Crippen molar-refractivity contribution in [1.82, 2.24) is 5.32 Å². The fourth-order valence-electron chi connectivity index (χ4n) is 1.58. The molecule has 0 aromatic heterocycles. The predicted octanol–water partition coefficient (Wildman–Crippen LogP) is 1.04. The van der Waals surface area contributed by atoms with Gasteiger partial charge in [0.2, 0.25) is 0 Å². The first-order valence-corrected chi connectivity index (χ1v) is 3.87. The quantitative estimate of drug-likeness (QED) is 0.518. The molecule has 1 N–H and O–H groups in total. The van der Waals surface area contributed by atoms with Crippen LogP contribution in [0.3, 0.4) is 0 Å². The summed E-state index contributed by atoms with van der Waals surface area (Å²) in [6, 6.07) is 0.385. The Bertz CT molecular complexity index is 222. The lowest BCUT2D eigenvalue weighted by Crippen LogP contribution is -2.37. The Balaban J connectivity index is 2.21. The van der Waals surface area contributed by atoms with Gasteiger partial charge in [-0.1, -0.05) is 6.08 Å². The lowest BCUT2D eigenvalue weighted by atomic mass is 9.92. The van der Waals surface area contributed by atoms with E-state index in [-0.39, 0.29) is 12.1 Å². The molecule has 0 saturated heterocycles. The van der Waals surface area contributed by atoms with Gasteiger partial charge in [-0.3, -0.25) is 4.99 Å². The lowest BCUT2D eigenvalue weighted by molar-refractivity contribution is 0.309. The molecule has 3 unspecified atom stereocenters. The second-order valence-electron chi connectivity index (χ2n) is 3.16. The zero-order valence-electron chi connectivity index (χ0n) is 6.42. The Morgan fingerprint density at radius 2 is 2.55 bits per heavy atom. The van der Waals surface area contributed by atoms with Crippen molar-refractivity contribution < 1.29 is 4.39 Å². The molecule has 2 nitrogen and oxygen atoms in total. The van der Waals surface area contributed by atoms with Gasteiger partial charge in [0.1, 0.15) is 6.17 Å². The van der Waals surface area contributed by atoms with E-state index in [9.17, 15) is 4.39 Å². The number of nitrogens with one attached hydrogen (secondary N) is 1. The summed E-state index contributed by atoms with van der Waals surface area (Å²) in [5.74, 6) is 0. The third kappa shape index (κ3) is 1.04. The Hall–Kier alpha value is -0.860. The summed E-state index contributed by atoms with van der Waals surface area (Å²) in [6.07, 6.45) is 3.38. The molecule has 2 aliphatic rings. The minimum atomic E-state index is -0.773. The highest BCUT2D eigenvalue weighted by atomic mass is 19.1. The average Bonchev–Trinajstić information content (AvgIpc) is 2.36. The standard InChI is InChI=1S/C8H11FN2/c1-5-2-7-8(3-6(5)9)11-4-10-7/h2,4,6-8H,3H2,1H3,(H,10,11). The molecule has 1 aliphatic heterocycles. The molecular weight excluding hydrogens is 143 g/mol. The van der Waals surface area contributed by atoms with Crippen LogP contribution in [-0.4, -0.2) is 24.6 Å². The van der Waals surface area contributed by atoms with Crippen LogP contribution in [0, 0.1) is 0 Å². The van der Waals surface area contributed by atoms with Crippen LogP contribution in [0.4, 0.5) is 4.39 Å². The number of hydrogen-bond acceptors (Lipinski definition) is 2. The third-order valence-electron chi connectivity index (χ3n) is 2.34. The summed E-state index contributed by atoms with van der Waals surface area (Å²) in [6.45, 7) is 1.83. The van der Waals surface area contributed by atoms with E-state index in [2.05, 4.69) is 10.3 Å². The molecule has 0 saturated carbocycles. The summed E-state index contributed by atoms with van der Waals surface area (Å²) in [4.78, 5) is 4.16. The molecule has 11 heavy (non-hydrogen) atoms. The summed E-state index contributed by atoms with van der Waals surface area (Å²) in [5.41, 5.74) is 0.826. The van der Waals surface area contributed by atoms with Gasteiger partial charge in [-0.2, -0.15) is 0 Å². The van der Waals surface area contributed by atoms with Crippen molar-refractivity contribution in [2.45, 2.75) is 31.6 Å². The van der Waals surface area contributed by atoms with Crippen LogP contribution in [0.15, 0.2) is 16.6 Å². The van der Waals surface area contributed by atoms with Crippen molar-refractivity contribution in [2.75, 3.05) is 0 Å². The first-order valence-electron chi connectivity index (χ1n) is 3.87. The van der Waals surface area contributed by atoms with Crippen LogP contribution in [0.25, 0.3) is 0 Å². The monoisotopic (exact) mass is 154 g/mol. The number of hydrogen-bond donors (Lipinski definition) is 1. The molecule has 0 bridgehead atoms. The Labute approximate surface area is 65.2 Å². The molecule has 0 aromatic rings. The number of rotatable bonds is 0. The molecule has 0 radical (unpaired) electrons. The minimum Gasteiger partial charge on any atom is -0.371 e. The van der Waals surface area contributed by atoms with E-state index in [1.165, 1.54) is 0 Å². The van der Waals surface area contributed by atoms with Gasteiger partial charge in [0.15, 0.2) is 0 Å². The molecule has 3 atom stereocenters. The topological polar surface area (TPSA) is 24.4 Å².